The molecule has 0 saturated carbocycles. The number of ether oxygens (including phenoxy) is 1. The highest BCUT2D eigenvalue weighted by Crippen LogP contribution is 2.13. The zero-order valence-corrected chi connectivity index (χ0v) is 11.3. The molecule has 5 heteroatoms. The molecule has 0 aliphatic rings. The van der Waals surface area contributed by atoms with Crippen LogP contribution in [0.1, 0.15) is 29.8 Å². The summed E-state index contributed by atoms with van der Waals surface area (Å²) in [6.07, 6.45) is 1.35. The first-order valence-corrected chi connectivity index (χ1v) is 6.34. The molecule has 2 aromatic rings. The molecule has 1 aromatic heterocycles. The number of nitrogens with two attached hydrogens (primary N) is 1. The SMILES string of the molecule is COC(C)Cc1noc(Cc2ccccc2CN)n1. The smallest absolute Gasteiger partial charge is 0.231 e. The minimum atomic E-state index is 0.0850. The van der Waals surface area contributed by atoms with Gasteiger partial charge in [0, 0.05) is 20.1 Å². The van der Waals surface area contributed by atoms with Crippen molar-refractivity contribution in [2.45, 2.75) is 32.4 Å². The summed E-state index contributed by atoms with van der Waals surface area (Å²) in [5.74, 6) is 1.29. The second-order valence-corrected chi connectivity index (χ2v) is 4.50. The van der Waals surface area contributed by atoms with Crippen LogP contribution in [0.3, 0.4) is 0 Å². The fraction of sp³-hybridized carbons (Fsp3) is 0.429. The van der Waals surface area contributed by atoms with Crippen LogP contribution >= 0.6 is 0 Å². The maximum Gasteiger partial charge on any atom is 0.231 e. The van der Waals surface area contributed by atoms with Crippen molar-refractivity contribution in [3.05, 3.63) is 47.1 Å². The van der Waals surface area contributed by atoms with Gasteiger partial charge in [-0.05, 0) is 18.1 Å². The largest absolute Gasteiger partial charge is 0.381 e. The van der Waals surface area contributed by atoms with Gasteiger partial charge in [0.05, 0.1) is 12.5 Å². The lowest BCUT2D eigenvalue weighted by Crippen LogP contribution is -2.09. The van der Waals surface area contributed by atoms with Gasteiger partial charge in [-0.1, -0.05) is 29.4 Å². The summed E-state index contributed by atoms with van der Waals surface area (Å²) < 4.78 is 10.4. The number of aromatic nitrogens is 2. The molecule has 1 atom stereocenters. The van der Waals surface area contributed by atoms with E-state index in [2.05, 4.69) is 10.1 Å². The molecule has 0 saturated heterocycles. The first-order chi connectivity index (χ1) is 9.22. The predicted molar refractivity (Wildman–Crippen MR) is 71.6 cm³/mol. The molecule has 5 nitrogen and oxygen atoms in total. The van der Waals surface area contributed by atoms with Crippen LogP contribution < -0.4 is 5.73 Å². The number of benzene rings is 1. The summed E-state index contributed by atoms with van der Waals surface area (Å²) in [5, 5.41) is 3.96. The Bertz CT molecular complexity index is 525. The molecule has 0 amide bonds. The summed E-state index contributed by atoms with van der Waals surface area (Å²) in [7, 11) is 1.67. The highest BCUT2D eigenvalue weighted by atomic mass is 16.5. The lowest BCUT2D eigenvalue weighted by molar-refractivity contribution is 0.116. The van der Waals surface area contributed by atoms with Crippen LogP contribution in [0.25, 0.3) is 0 Å². The molecule has 0 bridgehead atoms. The van der Waals surface area contributed by atoms with Crippen molar-refractivity contribution >= 4 is 0 Å². The fourth-order valence-electron chi connectivity index (χ4n) is 1.88. The normalized spacial score (nSPS) is 12.6. The summed E-state index contributed by atoms with van der Waals surface area (Å²) >= 11 is 0. The van der Waals surface area contributed by atoms with Gasteiger partial charge >= 0.3 is 0 Å². The molecular weight excluding hydrogens is 242 g/mol. The molecule has 0 radical (unpaired) electrons. The number of hydrogen-bond acceptors (Lipinski definition) is 5. The van der Waals surface area contributed by atoms with Gasteiger partial charge in [-0.3, -0.25) is 0 Å². The van der Waals surface area contributed by atoms with Crippen LogP contribution in [0.15, 0.2) is 28.8 Å². The van der Waals surface area contributed by atoms with Gasteiger partial charge in [-0.2, -0.15) is 4.98 Å². The van der Waals surface area contributed by atoms with Gasteiger partial charge in [0.1, 0.15) is 0 Å². The maximum absolute atomic E-state index is 5.71. The Morgan fingerprint density at radius 3 is 2.74 bits per heavy atom. The number of nitrogens with zero attached hydrogens (tertiary/aromatic N) is 2. The van der Waals surface area contributed by atoms with Gasteiger partial charge in [-0.15, -0.1) is 0 Å². The molecule has 0 aliphatic heterocycles. The number of methoxy groups -OCH3 is 1. The van der Waals surface area contributed by atoms with E-state index >= 15 is 0 Å². The van der Waals surface area contributed by atoms with Crippen molar-refractivity contribution in [1.82, 2.24) is 10.1 Å². The van der Waals surface area contributed by atoms with E-state index in [0.717, 1.165) is 11.1 Å². The Morgan fingerprint density at radius 2 is 2.05 bits per heavy atom. The topological polar surface area (TPSA) is 74.2 Å². The predicted octanol–water partition coefficient (Wildman–Crippen LogP) is 1.70. The number of rotatable bonds is 6. The van der Waals surface area contributed by atoms with Crippen LogP contribution in [0, 0.1) is 0 Å². The van der Waals surface area contributed by atoms with Gasteiger partial charge in [0.2, 0.25) is 5.89 Å². The summed E-state index contributed by atoms with van der Waals surface area (Å²) in [5.41, 5.74) is 7.94. The molecule has 2 rings (SSSR count). The van der Waals surface area contributed by atoms with Crippen molar-refractivity contribution in [3.8, 4) is 0 Å². The monoisotopic (exact) mass is 261 g/mol. The number of hydrogen-bond donors (Lipinski definition) is 1. The van der Waals surface area contributed by atoms with E-state index in [1.165, 1.54) is 0 Å². The van der Waals surface area contributed by atoms with Gasteiger partial charge in [0.25, 0.3) is 0 Å². The fourth-order valence-corrected chi connectivity index (χ4v) is 1.88. The van der Waals surface area contributed by atoms with Crippen LogP contribution in [-0.4, -0.2) is 23.4 Å². The van der Waals surface area contributed by atoms with Gasteiger partial charge in [0.15, 0.2) is 5.82 Å². The van der Waals surface area contributed by atoms with E-state index < -0.39 is 0 Å². The average molecular weight is 261 g/mol. The Hall–Kier alpha value is -1.72. The Balaban J connectivity index is 2.07. The van der Waals surface area contributed by atoms with E-state index in [4.69, 9.17) is 15.0 Å². The molecule has 1 unspecified atom stereocenters. The van der Waals surface area contributed by atoms with Crippen LogP contribution in [0.5, 0.6) is 0 Å². The third-order valence-corrected chi connectivity index (χ3v) is 3.06. The Kier molecular flexibility index (Phi) is 4.65. The first kappa shape index (κ1) is 13.7. The highest BCUT2D eigenvalue weighted by molar-refractivity contribution is 5.28. The van der Waals surface area contributed by atoms with Crippen LogP contribution in [-0.2, 0) is 24.1 Å². The summed E-state index contributed by atoms with van der Waals surface area (Å²) in [6, 6.07) is 8.01. The van der Waals surface area contributed by atoms with Crippen molar-refractivity contribution in [2.75, 3.05) is 7.11 Å². The van der Waals surface area contributed by atoms with Crippen molar-refractivity contribution in [3.63, 3.8) is 0 Å². The molecule has 2 N–H and O–H groups in total. The standard InChI is InChI=1S/C14H19N3O2/c1-10(18-2)7-13-16-14(19-17-13)8-11-5-3-4-6-12(11)9-15/h3-6,10H,7-9,15H2,1-2H3. The van der Waals surface area contributed by atoms with Crippen molar-refractivity contribution in [2.24, 2.45) is 5.73 Å². The second-order valence-electron chi connectivity index (χ2n) is 4.50. The summed E-state index contributed by atoms with van der Waals surface area (Å²) in [6.45, 7) is 2.48. The van der Waals surface area contributed by atoms with Crippen molar-refractivity contribution < 1.29 is 9.26 Å². The van der Waals surface area contributed by atoms with Gasteiger partial charge < -0.3 is 15.0 Å². The second kappa shape index (κ2) is 6.45. The van der Waals surface area contributed by atoms with Crippen LogP contribution in [0.2, 0.25) is 0 Å². The third-order valence-electron chi connectivity index (χ3n) is 3.06. The van der Waals surface area contributed by atoms with E-state index in [1.807, 2.05) is 31.2 Å². The molecule has 0 spiro atoms. The highest BCUT2D eigenvalue weighted by Gasteiger charge is 2.11. The minimum absolute atomic E-state index is 0.0850. The molecular formula is C14H19N3O2. The first-order valence-electron chi connectivity index (χ1n) is 6.34. The minimum Gasteiger partial charge on any atom is -0.381 e. The molecule has 19 heavy (non-hydrogen) atoms. The van der Waals surface area contributed by atoms with Crippen molar-refractivity contribution in [1.29, 1.82) is 0 Å². The zero-order valence-electron chi connectivity index (χ0n) is 11.3. The van der Waals surface area contributed by atoms with E-state index in [-0.39, 0.29) is 6.10 Å². The van der Waals surface area contributed by atoms with Crippen LogP contribution in [0.4, 0.5) is 0 Å². The Labute approximate surface area is 112 Å². The zero-order chi connectivity index (χ0) is 13.7. The van der Waals surface area contributed by atoms with E-state index in [1.54, 1.807) is 7.11 Å². The van der Waals surface area contributed by atoms with Gasteiger partial charge in [-0.25, -0.2) is 0 Å². The lowest BCUT2D eigenvalue weighted by Gasteiger charge is -2.04. The molecule has 1 heterocycles. The van der Waals surface area contributed by atoms with E-state index in [9.17, 15) is 0 Å². The molecule has 0 fully saturated rings. The Morgan fingerprint density at radius 1 is 1.32 bits per heavy atom. The quantitative estimate of drug-likeness (QED) is 0.856. The van der Waals surface area contributed by atoms with E-state index in [0.29, 0.717) is 31.1 Å². The lowest BCUT2D eigenvalue weighted by atomic mass is 10.0. The maximum atomic E-state index is 5.71. The molecule has 102 valence electrons. The molecule has 0 aliphatic carbocycles. The summed E-state index contributed by atoms with van der Waals surface area (Å²) in [4.78, 5) is 4.37. The molecule has 1 aromatic carbocycles. The third kappa shape index (κ3) is 3.62. The average Bonchev–Trinajstić information content (AvgIpc) is 2.86.